The highest BCUT2D eigenvalue weighted by molar-refractivity contribution is 6.32. The molecule has 0 fully saturated rings. The molecule has 11 heteroatoms. The largest absolute Gasteiger partial charge is 0.482 e. The number of hydrogen-bond donors (Lipinski definition) is 1. The van der Waals surface area contributed by atoms with Crippen molar-refractivity contribution < 1.29 is 37.4 Å². The van der Waals surface area contributed by atoms with E-state index in [1.54, 1.807) is 24.3 Å². The first kappa shape index (κ1) is 22.3. The molecule has 2 aromatic carbocycles. The Hall–Kier alpha value is -3.40. The number of rotatable bonds is 8. The lowest BCUT2D eigenvalue weighted by atomic mass is 10.2. The van der Waals surface area contributed by atoms with Gasteiger partial charge in [0.1, 0.15) is 11.5 Å². The van der Waals surface area contributed by atoms with E-state index in [0.717, 1.165) is 0 Å². The van der Waals surface area contributed by atoms with Crippen molar-refractivity contribution >= 4 is 40.8 Å². The number of carbonyl (C=O) groups is 3. The van der Waals surface area contributed by atoms with Crippen molar-refractivity contribution in [1.29, 1.82) is 0 Å². The summed E-state index contributed by atoms with van der Waals surface area (Å²) in [5.41, 5.74) is 0.767. The molecule has 0 saturated heterocycles. The minimum Gasteiger partial charge on any atom is -0.482 e. The number of hydrogen-bond acceptors (Lipinski definition) is 6. The molecule has 0 spiro atoms. The smallest absolute Gasteiger partial charge is 0.387 e. The second-order valence-electron chi connectivity index (χ2n) is 6.28. The second kappa shape index (κ2) is 10.1. The molecule has 0 radical (unpaired) electrons. The molecule has 0 aliphatic carbocycles. The van der Waals surface area contributed by atoms with Gasteiger partial charge in [-0.1, -0.05) is 23.7 Å². The third-order valence-corrected chi connectivity index (χ3v) is 4.44. The first-order valence-corrected chi connectivity index (χ1v) is 9.43. The van der Waals surface area contributed by atoms with Crippen molar-refractivity contribution in [2.45, 2.75) is 13.0 Å². The third kappa shape index (κ3) is 6.05. The number of esters is 1. The van der Waals surface area contributed by atoms with E-state index in [2.05, 4.69) is 10.1 Å². The van der Waals surface area contributed by atoms with Gasteiger partial charge in [-0.25, -0.2) is 0 Å². The minimum absolute atomic E-state index is 0.0703. The Morgan fingerprint density at radius 3 is 2.74 bits per heavy atom. The van der Waals surface area contributed by atoms with Crippen LogP contribution in [0.4, 0.5) is 20.2 Å². The first-order valence-electron chi connectivity index (χ1n) is 9.05. The second-order valence-corrected chi connectivity index (χ2v) is 6.69. The Labute approximate surface area is 180 Å². The van der Waals surface area contributed by atoms with Gasteiger partial charge in [0.2, 0.25) is 0 Å². The molecule has 2 aromatic rings. The maximum atomic E-state index is 12.2. The predicted molar refractivity (Wildman–Crippen MR) is 107 cm³/mol. The van der Waals surface area contributed by atoms with Gasteiger partial charge in [0.15, 0.2) is 13.2 Å². The number of para-hydroxylation sites is 2. The quantitative estimate of drug-likeness (QED) is 0.615. The van der Waals surface area contributed by atoms with Crippen LogP contribution in [0.3, 0.4) is 0 Å². The zero-order valence-corrected chi connectivity index (χ0v) is 16.7. The summed E-state index contributed by atoms with van der Waals surface area (Å²) in [5, 5.41) is 2.30. The summed E-state index contributed by atoms with van der Waals surface area (Å²) >= 11 is 5.81. The summed E-state index contributed by atoms with van der Waals surface area (Å²) in [6.07, 6.45) is -0.126. The lowest BCUT2D eigenvalue weighted by Gasteiger charge is -2.28. The van der Waals surface area contributed by atoms with E-state index >= 15 is 0 Å². The van der Waals surface area contributed by atoms with Gasteiger partial charge in [-0.2, -0.15) is 8.78 Å². The molecule has 8 nitrogen and oxygen atoms in total. The van der Waals surface area contributed by atoms with Crippen LogP contribution in [-0.4, -0.2) is 44.2 Å². The zero-order valence-electron chi connectivity index (χ0n) is 16.0. The molecular weight excluding hydrogens is 438 g/mol. The molecule has 1 heterocycles. The summed E-state index contributed by atoms with van der Waals surface area (Å²) in [6.45, 7) is -3.66. The Morgan fingerprint density at radius 1 is 1.23 bits per heavy atom. The van der Waals surface area contributed by atoms with E-state index in [4.69, 9.17) is 21.1 Å². The highest BCUT2D eigenvalue weighted by Crippen LogP contribution is 2.31. The van der Waals surface area contributed by atoms with Gasteiger partial charge in [-0.05, 0) is 30.3 Å². The number of benzene rings is 2. The van der Waals surface area contributed by atoms with Crippen LogP contribution in [0.25, 0.3) is 0 Å². The number of fused-ring (bicyclic) bond motifs is 1. The first-order chi connectivity index (χ1) is 14.8. The van der Waals surface area contributed by atoms with Gasteiger partial charge in [0.05, 0.1) is 17.1 Å². The van der Waals surface area contributed by atoms with Crippen LogP contribution in [0.5, 0.6) is 11.5 Å². The highest BCUT2D eigenvalue weighted by atomic mass is 35.5. The summed E-state index contributed by atoms with van der Waals surface area (Å²) in [5.74, 6) is -1.32. The van der Waals surface area contributed by atoms with Crippen molar-refractivity contribution in [3.05, 3.63) is 47.5 Å². The Bertz CT molecular complexity index is 988. The highest BCUT2D eigenvalue weighted by Gasteiger charge is 2.25. The molecule has 3 rings (SSSR count). The third-order valence-electron chi connectivity index (χ3n) is 4.14. The monoisotopic (exact) mass is 454 g/mol. The molecule has 1 N–H and O–H groups in total. The Kier molecular flexibility index (Phi) is 7.24. The fourth-order valence-corrected chi connectivity index (χ4v) is 3.01. The predicted octanol–water partition coefficient (Wildman–Crippen LogP) is 3.24. The molecule has 0 unspecified atom stereocenters. The molecule has 0 bridgehead atoms. The van der Waals surface area contributed by atoms with Crippen molar-refractivity contribution in [3.8, 4) is 11.5 Å². The van der Waals surface area contributed by atoms with Crippen LogP contribution >= 0.6 is 11.6 Å². The maximum absolute atomic E-state index is 12.2. The number of nitrogens with zero attached hydrogens (tertiary/aromatic N) is 1. The average molecular weight is 455 g/mol. The summed E-state index contributed by atoms with van der Waals surface area (Å²) in [6, 6.07) is 10.6. The molecule has 31 heavy (non-hydrogen) atoms. The van der Waals surface area contributed by atoms with Crippen molar-refractivity contribution in [1.82, 2.24) is 0 Å². The fourth-order valence-electron chi connectivity index (χ4n) is 2.79. The molecule has 0 saturated carbocycles. The molecule has 164 valence electrons. The van der Waals surface area contributed by atoms with Crippen LogP contribution in [-0.2, 0) is 19.1 Å². The SMILES string of the molecule is O=C(COC(=O)CCN1C(=O)COc2ccccc21)Nc1ccc(OC(F)F)c(Cl)c1. The zero-order chi connectivity index (χ0) is 22.4. The van der Waals surface area contributed by atoms with Crippen molar-refractivity contribution in [2.75, 3.05) is 30.0 Å². The van der Waals surface area contributed by atoms with Crippen LogP contribution in [0, 0.1) is 0 Å². The average Bonchev–Trinajstić information content (AvgIpc) is 2.73. The van der Waals surface area contributed by atoms with Crippen LogP contribution in [0.1, 0.15) is 6.42 Å². The molecule has 2 amide bonds. The summed E-state index contributed by atoms with van der Waals surface area (Å²) < 4.78 is 38.9. The van der Waals surface area contributed by atoms with E-state index in [1.807, 2.05) is 0 Å². The topological polar surface area (TPSA) is 94.2 Å². The van der Waals surface area contributed by atoms with Gasteiger partial charge in [-0.3, -0.25) is 14.4 Å². The van der Waals surface area contributed by atoms with E-state index in [1.165, 1.54) is 23.1 Å². The number of amides is 2. The van der Waals surface area contributed by atoms with Gasteiger partial charge in [0.25, 0.3) is 11.8 Å². The van der Waals surface area contributed by atoms with E-state index in [-0.39, 0.29) is 41.9 Å². The summed E-state index contributed by atoms with van der Waals surface area (Å²) in [7, 11) is 0. The van der Waals surface area contributed by atoms with Gasteiger partial charge >= 0.3 is 12.6 Å². The van der Waals surface area contributed by atoms with Crippen LogP contribution < -0.4 is 19.7 Å². The lowest BCUT2D eigenvalue weighted by Crippen LogP contribution is -2.40. The number of halogens is 3. The number of alkyl halides is 2. The lowest BCUT2D eigenvalue weighted by molar-refractivity contribution is -0.147. The Balaban J connectivity index is 1.46. The van der Waals surface area contributed by atoms with Crippen LogP contribution in [0.2, 0.25) is 5.02 Å². The van der Waals surface area contributed by atoms with E-state index in [9.17, 15) is 23.2 Å². The maximum Gasteiger partial charge on any atom is 0.387 e. The minimum atomic E-state index is -3.03. The fraction of sp³-hybridized carbons (Fsp3) is 0.250. The molecular formula is C20H17ClF2N2O6. The number of nitrogens with one attached hydrogen (secondary N) is 1. The molecule has 1 aliphatic rings. The normalized spacial score (nSPS) is 12.8. The van der Waals surface area contributed by atoms with E-state index in [0.29, 0.717) is 11.4 Å². The summed E-state index contributed by atoms with van der Waals surface area (Å²) in [4.78, 5) is 37.4. The number of ether oxygens (including phenoxy) is 3. The van der Waals surface area contributed by atoms with Gasteiger partial charge < -0.3 is 24.4 Å². The van der Waals surface area contributed by atoms with Gasteiger partial charge in [0, 0.05) is 12.2 Å². The molecule has 0 atom stereocenters. The van der Waals surface area contributed by atoms with Gasteiger partial charge in [-0.15, -0.1) is 0 Å². The molecule has 1 aliphatic heterocycles. The number of anilines is 2. The van der Waals surface area contributed by atoms with Crippen molar-refractivity contribution in [2.24, 2.45) is 0 Å². The van der Waals surface area contributed by atoms with Crippen LogP contribution in [0.15, 0.2) is 42.5 Å². The number of carbonyl (C=O) groups excluding carboxylic acids is 3. The Morgan fingerprint density at radius 2 is 2.00 bits per heavy atom. The van der Waals surface area contributed by atoms with Crippen molar-refractivity contribution in [3.63, 3.8) is 0 Å². The standard InChI is InChI=1S/C20H17ClF2N2O6/c21-13-9-12(5-6-15(13)31-20(22)23)24-17(26)10-30-19(28)7-8-25-14-3-1-2-4-16(14)29-11-18(25)27/h1-6,9,20H,7-8,10-11H2,(H,24,26). The molecule has 0 aromatic heterocycles. The van der Waals surface area contributed by atoms with E-state index < -0.39 is 25.1 Å².